The Morgan fingerprint density at radius 2 is 2.11 bits per heavy atom. The Balaban J connectivity index is 1.92. The highest BCUT2D eigenvalue weighted by Gasteiger charge is 2.20. The summed E-state index contributed by atoms with van der Waals surface area (Å²) in [5.74, 6) is -0.631. The summed E-state index contributed by atoms with van der Waals surface area (Å²) >= 11 is 0. The van der Waals surface area contributed by atoms with Gasteiger partial charge in [-0.15, -0.1) is 0 Å². The van der Waals surface area contributed by atoms with Crippen LogP contribution in [0.15, 0.2) is 23.1 Å². The van der Waals surface area contributed by atoms with Gasteiger partial charge in [0.05, 0.1) is 10.5 Å². The molecule has 6 nitrogen and oxygen atoms in total. The highest BCUT2D eigenvalue weighted by molar-refractivity contribution is 7.89. The molecule has 1 heterocycles. The quantitative estimate of drug-likeness (QED) is 0.658. The number of nitrogens with zero attached hydrogens (tertiary/aromatic N) is 1. The number of hydrogen-bond acceptors (Lipinski definition) is 4. The van der Waals surface area contributed by atoms with Crippen molar-refractivity contribution in [3.05, 3.63) is 29.6 Å². The van der Waals surface area contributed by atoms with Gasteiger partial charge in [0, 0.05) is 19.1 Å². The molecule has 2 N–H and O–H groups in total. The number of halogens is 1. The van der Waals surface area contributed by atoms with E-state index in [0.29, 0.717) is 12.5 Å². The van der Waals surface area contributed by atoms with Gasteiger partial charge in [-0.3, -0.25) is 4.79 Å². The summed E-state index contributed by atoms with van der Waals surface area (Å²) in [5.41, 5.74) is -0.256. The van der Waals surface area contributed by atoms with E-state index in [4.69, 9.17) is 0 Å². The van der Waals surface area contributed by atoms with Crippen LogP contribution in [0.2, 0.25) is 0 Å². The van der Waals surface area contributed by atoms with E-state index in [0.717, 1.165) is 44.3 Å². The second-order valence-corrected chi connectivity index (χ2v) is 9.29. The third-order valence-corrected chi connectivity index (χ3v) is 6.22. The molecule has 1 amide bonds. The number of likely N-dealkylation sites (tertiary alicyclic amines) is 1. The van der Waals surface area contributed by atoms with Gasteiger partial charge < -0.3 is 10.2 Å². The summed E-state index contributed by atoms with van der Waals surface area (Å²) in [4.78, 5) is 14.6. The number of nitrogens with one attached hydrogen (secondary N) is 2. The molecular weight excluding hydrogens is 369 g/mol. The molecule has 1 saturated heterocycles. The highest BCUT2D eigenvalue weighted by atomic mass is 32.2. The van der Waals surface area contributed by atoms with Gasteiger partial charge in [0.15, 0.2) is 0 Å². The van der Waals surface area contributed by atoms with Crippen LogP contribution in [0.3, 0.4) is 0 Å². The van der Waals surface area contributed by atoms with Gasteiger partial charge in [-0.1, -0.05) is 6.92 Å². The fourth-order valence-electron chi connectivity index (χ4n) is 3.31. The number of sulfonamides is 1. The van der Waals surface area contributed by atoms with E-state index in [9.17, 15) is 17.6 Å². The van der Waals surface area contributed by atoms with Crippen LogP contribution in [-0.4, -0.2) is 51.4 Å². The van der Waals surface area contributed by atoms with Gasteiger partial charge in [0.2, 0.25) is 10.0 Å². The Bertz CT molecular complexity index is 753. The first-order chi connectivity index (χ1) is 12.7. The molecule has 0 aliphatic carbocycles. The molecule has 1 aliphatic heterocycles. The summed E-state index contributed by atoms with van der Waals surface area (Å²) in [6, 6.07) is 2.96. The van der Waals surface area contributed by atoms with Crippen molar-refractivity contribution in [1.29, 1.82) is 0 Å². The van der Waals surface area contributed by atoms with Crippen molar-refractivity contribution in [2.75, 3.05) is 26.2 Å². The van der Waals surface area contributed by atoms with Crippen LogP contribution in [0.4, 0.5) is 4.39 Å². The Morgan fingerprint density at radius 3 is 2.78 bits per heavy atom. The smallest absolute Gasteiger partial charge is 0.254 e. The maximum atomic E-state index is 14.0. The Morgan fingerprint density at radius 1 is 1.37 bits per heavy atom. The molecule has 1 aromatic rings. The maximum Gasteiger partial charge on any atom is 0.254 e. The Labute approximate surface area is 161 Å². The van der Waals surface area contributed by atoms with Crippen molar-refractivity contribution in [3.8, 4) is 0 Å². The molecule has 1 aromatic carbocycles. The van der Waals surface area contributed by atoms with E-state index in [1.54, 1.807) is 13.8 Å². The Kier molecular flexibility index (Phi) is 7.76. The van der Waals surface area contributed by atoms with Gasteiger partial charge >= 0.3 is 0 Å². The maximum absolute atomic E-state index is 14.0. The molecule has 1 atom stereocenters. The van der Waals surface area contributed by atoms with Crippen molar-refractivity contribution >= 4 is 15.9 Å². The number of benzene rings is 1. The molecule has 2 rings (SSSR count). The molecule has 8 heteroatoms. The average molecular weight is 400 g/mol. The SMILES string of the molecule is CC1CCCN(CCCNC(=O)c2cc(S(=O)(=O)NC(C)C)ccc2F)C1. The minimum atomic E-state index is -3.78. The van der Waals surface area contributed by atoms with E-state index in [1.807, 2.05) is 0 Å². The number of piperidine rings is 1. The van der Waals surface area contributed by atoms with Crippen molar-refractivity contribution in [2.45, 2.75) is 51.0 Å². The van der Waals surface area contributed by atoms with Gasteiger partial charge in [-0.2, -0.15) is 0 Å². The van der Waals surface area contributed by atoms with Crippen molar-refractivity contribution in [1.82, 2.24) is 14.9 Å². The largest absolute Gasteiger partial charge is 0.352 e. The predicted molar refractivity (Wildman–Crippen MR) is 104 cm³/mol. The fraction of sp³-hybridized carbons (Fsp3) is 0.632. The molecule has 0 spiro atoms. The van der Waals surface area contributed by atoms with E-state index < -0.39 is 21.7 Å². The molecule has 1 aliphatic rings. The van der Waals surface area contributed by atoms with Gasteiger partial charge in [0.1, 0.15) is 5.82 Å². The van der Waals surface area contributed by atoms with E-state index >= 15 is 0 Å². The summed E-state index contributed by atoms with van der Waals surface area (Å²) in [7, 11) is -3.78. The molecule has 27 heavy (non-hydrogen) atoms. The molecule has 0 bridgehead atoms. The lowest BCUT2D eigenvalue weighted by Gasteiger charge is -2.30. The molecule has 0 saturated carbocycles. The minimum Gasteiger partial charge on any atom is -0.352 e. The van der Waals surface area contributed by atoms with Gasteiger partial charge in [-0.25, -0.2) is 17.5 Å². The minimum absolute atomic E-state index is 0.120. The molecule has 0 radical (unpaired) electrons. The monoisotopic (exact) mass is 399 g/mol. The zero-order valence-electron chi connectivity index (χ0n) is 16.3. The number of carbonyl (C=O) groups excluding carboxylic acids is 1. The van der Waals surface area contributed by atoms with Crippen LogP contribution >= 0.6 is 0 Å². The van der Waals surface area contributed by atoms with Crippen LogP contribution in [-0.2, 0) is 10.0 Å². The van der Waals surface area contributed by atoms with Crippen LogP contribution in [0, 0.1) is 11.7 Å². The number of hydrogen-bond donors (Lipinski definition) is 2. The second-order valence-electron chi connectivity index (χ2n) is 7.58. The summed E-state index contributed by atoms with van der Waals surface area (Å²) < 4.78 is 40.9. The predicted octanol–water partition coefficient (Wildman–Crippen LogP) is 2.36. The van der Waals surface area contributed by atoms with E-state index in [1.165, 1.54) is 12.8 Å². The third-order valence-electron chi connectivity index (χ3n) is 4.56. The zero-order chi connectivity index (χ0) is 20.0. The average Bonchev–Trinajstić information content (AvgIpc) is 2.57. The lowest BCUT2D eigenvalue weighted by atomic mass is 10.0. The fourth-order valence-corrected chi connectivity index (χ4v) is 4.59. The summed E-state index contributed by atoms with van der Waals surface area (Å²) in [6.07, 6.45) is 3.23. The van der Waals surface area contributed by atoms with Gasteiger partial charge in [0.25, 0.3) is 5.91 Å². The second kappa shape index (κ2) is 9.61. The zero-order valence-corrected chi connectivity index (χ0v) is 17.1. The first-order valence-electron chi connectivity index (χ1n) is 9.51. The van der Waals surface area contributed by atoms with Crippen molar-refractivity contribution in [2.24, 2.45) is 5.92 Å². The van der Waals surface area contributed by atoms with E-state index in [2.05, 4.69) is 21.9 Å². The van der Waals surface area contributed by atoms with Gasteiger partial charge in [-0.05, 0) is 70.3 Å². The lowest BCUT2D eigenvalue weighted by Crippen LogP contribution is -2.36. The first-order valence-corrected chi connectivity index (χ1v) is 11.0. The van der Waals surface area contributed by atoms with Crippen LogP contribution in [0.25, 0.3) is 0 Å². The summed E-state index contributed by atoms with van der Waals surface area (Å²) in [6.45, 7) is 9.09. The topological polar surface area (TPSA) is 78.5 Å². The standard InChI is InChI=1S/C19H30FN3O3S/c1-14(2)22-27(25,26)16-7-8-18(20)17(12-16)19(24)21-9-5-11-23-10-4-6-15(3)13-23/h7-8,12,14-15,22H,4-6,9-11,13H2,1-3H3,(H,21,24). The molecule has 1 fully saturated rings. The summed E-state index contributed by atoms with van der Waals surface area (Å²) in [5, 5.41) is 2.69. The Hall–Kier alpha value is -1.51. The van der Waals surface area contributed by atoms with E-state index in [-0.39, 0.29) is 16.5 Å². The van der Waals surface area contributed by atoms with Crippen LogP contribution in [0.5, 0.6) is 0 Å². The first kappa shape index (κ1) is 21.8. The molecule has 152 valence electrons. The highest BCUT2D eigenvalue weighted by Crippen LogP contribution is 2.16. The lowest BCUT2D eigenvalue weighted by molar-refractivity contribution is 0.0946. The number of amides is 1. The van der Waals surface area contributed by atoms with Crippen molar-refractivity contribution < 1.29 is 17.6 Å². The number of rotatable bonds is 8. The van der Waals surface area contributed by atoms with Crippen LogP contribution in [0.1, 0.15) is 50.4 Å². The van der Waals surface area contributed by atoms with Crippen LogP contribution < -0.4 is 10.0 Å². The molecule has 1 unspecified atom stereocenters. The van der Waals surface area contributed by atoms with Crippen molar-refractivity contribution in [3.63, 3.8) is 0 Å². The number of carbonyl (C=O) groups is 1. The third kappa shape index (κ3) is 6.55. The normalized spacial score (nSPS) is 18.6. The molecule has 0 aromatic heterocycles. The molecular formula is C19H30FN3O3S.